The SMILES string of the molecule is N#CCc1ccc(S(=O)(=O)NCc2cc[nH]c2)cc1. The number of nitriles is 1. The van der Waals surface area contributed by atoms with Crippen LogP contribution in [0.5, 0.6) is 0 Å². The number of sulfonamides is 1. The van der Waals surface area contributed by atoms with Crippen molar-refractivity contribution in [2.75, 3.05) is 0 Å². The fourth-order valence-electron chi connectivity index (χ4n) is 1.61. The standard InChI is InChI=1S/C13H13N3O2S/c14-7-5-11-1-3-13(4-2-11)19(17,18)16-10-12-6-8-15-9-12/h1-4,6,8-9,15-16H,5,10H2. The third kappa shape index (κ3) is 3.44. The smallest absolute Gasteiger partial charge is 0.240 e. The highest BCUT2D eigenvalue weighted by molar-refractivity contribution is 7.89. The van der Waals surface area contributed by atoms with E-state index in [2.05, 4.69) is 9.71 Å². The molecule has 1 aromatic heterocycles. The summed E-state index contributed by atoms with van der Waals surface area (Å²) in [6.45, 7) is 0.242. The topological polar surface area (TPSA) is 85.8 Å². The Morgan fingerprint density at radius 1 is 1.16 bits per heavy atom. The van der Waals surface area contributed by atoms with Gasteiger partial charge in [0, 0.05) is 18.9 Å². The molecule has 0 fully saturated rings. The molecule has 2 aromatic rings. The molecule has 0 aliphatic heterocycles. The molecule has 0 bridgehead atoms. The quantitative estimate of drug-likeness (QED) is 0.868. The van der Waals surface area contributed by atoms with Crippen LogP contribution in [0.3, 0.4) is 0 Å². The zero-order chi connectivity index (χ0) is 13.7. The van der Waals surface area contributed by atoms with Gasteiger partial charge < -0.3 is 4.98 Å². The van der Waals surface area contributed by atoms with Crippen LogP contribution in [-0.2, 0) is 23.0 Å². The van der Waals surface area contributed by atoms with Crippen molar-refractivity contribution in [3.8, 4) is 6.07 Å². The summed E-state index contributed by atoms with van der Waals surface area (Å²) in [6.07, 6.45) is 3.75. The van der Waals surface area contributed by atoms with E-state index in [1.807, 2.05) is 6.07 Å². The summed E-state index contributed by atoms with van der Waals surface area (Å²) in [7, 11) is -3.51. The van der Waals surface area contributed by atoms with E-state index < -0.39 is 10.0 Å². The number of rotatable bonds is 5. The summed E-state index contributed by atoms with van der Waals surface area (Å²) in [5, 5.41) is 8.56. The normalized spacial score (nSPS) is 11.1. The molecule has 0 unspecified atom stereocenters. The van der Waals surface area contributed by atoms with Gasteiger partial charge in [-0.2, -0.15) is 5.26 Å². The summed E-state index contributed by atoms with van der Waals surface area (Å²) >= 11 is 0. The molecule has 5 nitrogen and oxygen atoms in total. The second kappa shape index (κ2) is 5.69. The van der Waals surface area contributed by atoms with Crippen LogP contribution in [0.25, 0.3) is 0 Å². The van der Waals surface area contributed by atoms with Crippen LogP contribution in [0, 0.1) is 11.3 Å². The molecule has 0 saturated heterocycles. The van der Waals surface area contributed by atoms with E-state index in [4.69, 9.17) is 5.26 Å². The van der Waals surface area contributed by atoms with Crippen molar-refractivity contribution in [2.45, 2.75) is 17.9 Å². The minimum absolute atomic E-state index is 0.199. The van der Waals surface area contributed by atoms with Crippen molar-refractivity contribution in [3.05, 3.63) is 53.9 Å². The Labute approximate surface area is 111 Å². The maximum atomic E-state index is 12.0. The summed E-state index contributed by atoms with van der Waals surface area (Å²) in [6, 6.07) is 10.1. The van der Waals surface area contributed by atoms with Gasteiger partial charge in [-0.3, -0.25) is 0 Å². The van der Waals surface area contributed by atoms with Crippen LogP contribution in [0.4, 0.5) is 0 Å². The minimum Gasteiger partial charge on any atom is -0.367 e. The summed E-state index contributed by atoms with van der Waals surface area (Å²) in [5.74, 6) is 0. The van der Waals surface area contributed by atoms with Crippen LogP contribution in [0.2, 0.25) is 0 Å². The third-order valence-corrected chi connectivity index (χ3v) is 4.06. The second-order valence-corrected chi connectivity index (χ2v) is 5.79. The molecule has 19 heavy (non-hydrogen) atoms. The van der Waals surface area contributed by atoms with E-state index in [0.717, 1.165) is 11.1 Å². The Morgan fingerprint density at radius 3 is 2.47 bits per heavy atom. The monoisotopic (exact) mass is 275 g/mol. The van der Waals surface area contributed by atoms with Crippen LogP contribution < -0.4 is 4.72 Å². The lowest BCUT2D eigenvalue weighted by atomic mass is 10.2. The first-order chi connectivity index (χ1) is 9.12. The summed E-state index contributed by atoms with van der Waals surface area (Å²) in [4.78, 5) is 3.06. The van der Waals surface area contributed by atoms with E-state index in [1.165, 1.54) is 12.1 Å². The number of hydrogen-bond donors (Lipinski definition) is 2. The highest BCUT2D eigenvalue weighted by Crippen LogP contribution is 2.11. The number of H-pyrrole nitrogens is 1. The van der Waals surface area contributed by atoms with Gasteiger partial charge in [-0.05, 0) is 29.3 Å². The van der Waals surface area contributed by atoms with E-state index in [0.29, 0.717) is 0 Å². The predicted molar refractivity (Wildman–Crippen MR) is 70.6 cm³/mol. The molecule has 0 aliphatic rings. The maximum absolute atomic E-state index is 12.0. The zero-order valence-electron chi connectivity index (χ0n) is 10.1. The Bertz CT molecular complexity index is 668. The highest BCUT2D eigenvalue weighted by Gasteiger charge is 2.13. The minimum atomic E-state index is -3.51. The molecule has 1 heterocycles. The van der Waals surface area contributed by atoms with Gasteiger partial charge in [-0.1, -0.05) is 12.1 Å². The summed E-state index contributed by atoms with van der Waals surface area (Å²) in [5.41, 5.74) is 1.66. The lowest BCUT2D eigenvalue weighted by Crippen LogP contribution is -2.23. The Balaban J connectivity index is 2.09. The van der Waals surface area contributed by atoms with Crippen LogP contribution in [0.1, 0.15) is 11.1 Å². The van der Waals surface area contributed by atoms with Gasteiger partial charge in [0.1, 0.15) is 0 Å². The first-order valence-corrected chi connectivity index (χ1v) is 7.17. The van der Waals surface area contributed by atoms with Crippen LogP contribution in [-0.4, -0.2) is 13.4 Å². The van der Waals surface area contributed by atoms with Crippen LogP contribution in [0.15, 0.2) is 47.6 Å². The average molecular weight is 275 g/mol. The van der Waals surface area contributed by atoms with Crippen LogP contribution >= 0.6 is 0 Å². The van der Waals surface area contributed by atoms with Gasteiger partial charge in [0.15, 0.2) is 0 Å². The highest BCUT2D eigenvalue weighted by atomic mass is 32.2. The molecule has 0 aliphatic carbocycles. The molecule has 0 saturated carbocycles. The average Bonchev–Trinajstić information content (AvgIpc) is 2.91. The molecule has 6 heteroatoms. The maximum Gasteiger partial charge on any atom is 0.240 e. The Hall–Kier alpha value is -2.10. The fraction of sp³-hybridized carbons (Fsp3) is 0.154. The largest absolute Gasteiger partial charge is 0.367 e. The van der Waals surface area contributed by atoms with Gasteiger partial charge in [0.05, 0.1) is 17.4 Å². The van der Waals surface area contributed by atoms with E-state index >= 15 is 0 Å². The number of nitrogens with zero attached hydrogens (tertiary/aromatic N) is 1. The lowest BCUT2D eigenvalue weighted by molar-refractivity contribution is 0.581. The van der Waals surface area contributed by atoms with E-state index in [-0.39, 0.29) is 17.9 Å². The van der Waals surface area contributed by atoms with Crippen molar-refractivity contribution in [2.24, 2.45) is 0 Å². The van der Waals surface area contributed by atoms with Crippen molar-refractivity contribution in [3.63, 3.8) is 0 Å². The van der Waals surface area contributed by atoms with Gasteiger partial charge in [-0.25, -0.2) is 13.1 Å². The molecule has 2 N–H and O–H groups in total. The number of aromatic amines is 1. The number of aromatic nitrogens is 1. The third-order valence-electron chi connectivity index (χ3n) is 2.65. The molecule has 98 valence electrons. The van der Waals surface area contributed by atoms with Gasteiger partial charge in [0.2, 0.25) is 10.0 Å². The zero-order valence-corrected chi connectivity index (χ0v) is 10.9. The Morgan fingerprint density at radius 2 is 1.89 bits per heavy atom. The predicted octanol–water partition coefficient (Wildman–Crippen LogP) is 1.56. The van der Waals surface area contributed by atoms with Crippen molar-refractivity contribution in [1.29, 1.82) is 5.26 Å². The number of hydrogen-bond acceptors (Lipinski definition) is 3. The van der Waals surface area contributed by atoms with Gasteiger partial charge >= 0.3 is 0 Å². The molecular weight excluding hydrogens is 262 g/mol. The fourth-order valence-corrected chi connectivity index (χ4v) is 2.63. The number of benzene rings is 1. The first kappa shape index (κ1) is 13.3. The molecule has 0 radical (unpaired) electrons. The molecule has 0 atom stereocenters. The van der Waals surface area contributed by atoms with Crippen molar-refractivity contribution < 1.29 is 8.42 Å². The molecule has 2 rings (SSSR count). The van der Waals surface area contributed by atoms with Gasteiger partial charge in [-0.15, -0.1) is 0 Å². The van der Waals surface area contributed by atoms with E-state index in [9.17, 15) is 8.42 Å². The second-order valence-electron chi connectivity index (χ2n) is 4.02. The molecular formula is C13H13N3O2S. The Kier molecular flexibility index (Phi) is 4.00. The number of nitrogens with one attached hydrogen (secondary N) is 2. The molecule has 0 amide bonds. The van der Waals surface area contributed by atoms with Gasteiger partial charge in [0.25, 0.3) is 0 Å². The molecule has 0 spiro atoms. The van der Waals surface area contributed by atoms with Crippen molar-refractivity contribution in [1.82, 2.24) is 9.71 Å². The van der Waals surface area contributed by atoms with Crippen molar-refractivity contribution >= 4 is 10.0 Å². The van der Waals surface area contributed by atoms with E-state index in [1.54, 1.807) is 30.6 Å². The summed E-state index contributed by atoms with van der Waals surface area (Å²) < 4.78 is 26.5. The molecule has 1 aromatic carbocycles. The lowest BCUT2D eigenvalue weighted by Gasteiger charge is -2.06. The first-order valence-electron chi connectivity index (χ1n) is 5.69.